The van der Waals surface area contributed by atoms with Crippen LogP contribution in [-0.2, 0) is 11.3 Å². The van der Waals surface area contributed by atoms with Gasteiger partial charge in [-0.2, -0.15) is 0 Å². The lowest BCUT2D eigenvalue weighted by Gasteiger charge is -2.09. The second-order valence-corrected chi connectivity index (χ2v) is 9.53. The molecule has 0 atom stereocenters. The Hall–Kier alpha value is -2.19. The van der Waals surface area contributed by atoms with Crippen molar-refractivity contribution in [2.24, 2.45) is 0 Å². The first-order valence-electron chi connectivity index (χ1n) is 8.83. The maximum atomic E-state index is 13.2. The van der Waals surface area contributed by atoms with Crippen molar-refractivity contribution in [3.63, 3.8) is 0 Å². The zero-order valence-electron chi connectivity index (χ0n) is 15.6. The van der Waals surface area contributed by atoms with Crippen LogP contribution in [0.1, 0.15) is 4.88 Å². The van der Waals surface area contributed by atoms with Crippen molar-refractivity contribution >= 4 is 72.3 Å². The number of nitrogens with zero attached hydrogens (tertiary/aromatic N) is 2. The van der Waals surface area contributed by atoms with Crippen molar-refractivity contribution in [3.8, 4) is 11.1 Å². The minimum Gasteiger partial charge on any atom is -0.323 e. The summed E-state index contributed by atoms with van der Waals surface area (Å²) in [4.78, 5) is 31.8. The predicted molar refractivity (Wildman–Crippen MR) is 127 cm³/mol. The summed E-state index contributed by atoms with van der Waals surface area (Å²) in [6.07, 6.45) is 1.40. The summed E-state index contributed by atoms with van der Waals surface area (Å²) < 4.78 is 2.26. The molecule has 0 aliphatic heterocycles. The lowest BCUT2D eigenvalue weighted by Crippen LogP contribution is -2.27. The molecule has 2 heterocycles. The summed E-state index contributed by atoms with van der Waals surface area (Å²) in [6.45, 7) is 1.78. The van der Waals surface area contributed by atoms with E-state index >= 15 is 0 Å². The average Bonchev–Trinajstić information content (AvgIpc) is 3.04. The van der Waals surface area contributed by atoms with Gasteiger partial charge in [0.1, 0.15) is 11.4 Å². The van der Waals surface area contributed by atoms with Crippen LogP contribution >= 0.6 is 50.5 Å². The molecule has 0 spiro atoms. The monoisotopic (exact) mass is 521 g/mol. The topological polar surface area (TPSA) is 64.0 Å². The molecule has 5 nitrogen and oxygen atoms in total. The molecular formula is C21H14BrCl2N3O2S. The van der Waals surface area contributed by atoms with Crippen LogP contribution in [0.5, 0.6) is 0 Å². The lowest BCUT2D eigenvalue weighted by molar-refractivity contribution is -0.116. The Bertz CT molecular complexity index is 1330. The largest absolute Gasteiger partial charge is 0.323 e. The molecule has 0 bridgehead atoms. The fraction of sp³-hybridized carbons (Fsp3) is 0.0952. The molecule has 0 aliphatic carbocycles. The van der Waals surface area contributed by atoms with Crippen LogP contribution in [0.2, 0.25) is 10.0 Å². The molecule has 4 aromatic rings. The summed E-state index contributed by atoms with van der Waals surface area (Å²) in [6, 6.07) is 12.5. The Morgan fingerprint density at radius 2 is 1.93 bits per heavy atom. The number of aromatic nitrogens is 2. The number of carbonyl (C=O) groups excluding carboxylic acids is 1. The lowest BCUT2D eigenvalue weighted by atomic mass is 10.0. The quantitative estimate of drug-likeness (QED) is 0.350. The number of hydrogen-bond acceptors (Lipinski definition) is 4. The van der Waals surface area contributed by atoms with Crippen LogP contribution in [0.25, 0.3) is 21.3 Å². The van der Waals surface area contributed by atoms with E-state index in [0.29, 0.717) is 25.9 Å². The Labute approximate surface area is 194 Å². The molecule has 30 heavy (non-hydrogen) atoms. The molecular weight excluding hydrogens is 509 g/mol. The van der Waals surface area contributed by atoms with Gasteiger partial charge in [-0.25, -0.2) is 4.98 Å². The molecule has 0 fully saturated rings. The van der Waals surface area contributed by atoms with Crippen molar-refractivity contribution < 1.29 is 4.79 Å². The van der Waals surface area contributed by atoms with Gasteiger partial charge in [0, 0.05) is 19.9 Å². The van der Waals surface area contributed by atoms with Gasteiger partial charge in [0.15, 0.2) is 0 Å². The molecule has 0 radical (unpaired) electrons. The third-order valence-corrected chi connectivity index (χ3v) is 6.60. The second-order valence-electron chi connectivity index (χ2n) is 6.57. The normalized spacial score (nSPS) is 11.1. The van der Waals surface area contributed by atoms with E-state index in [9.17, 15) is 9.59 Å². The summed E-state index contributed by atoms with van der Waals surface area (Å²) >= 11 is 16.9. The van der Waals surface area contributed by atoms with Gasteiger partial charge in [-0.15, -0.1) is 11.3 Å². The van der Waals surface area contributed by atoms with E-state index in [0.717, 1.165) is 20.5 Å². The number of carbonyl (C=O) groups is 1. The fourth-order valence-corrected chi connectivity index (χ4v) is 4.87. The first-order chi connectivity index (χ1) is 14.3. The van der Waals surface area contributed by atoms with Crippen molar-refractivity contribution in [1.29, 1.82) is 0 Å². The Morgan fingerprint density at radius 3 is 2.63 bits per heavy atom. The van der Waals surface area contributed by atoms with Gasteiger partial charge in [-0.3, -0.25) is 14.2 Å². The first-order valence-corrected chi connectivity index (χ1v) is 11.2. The highest BCUT2D eigenvalue weighted by molar-refractivity contribution is 9.10. The number of rotatable bonds is 4. The molecule has 2 aromatic carbocycles. The smallest absolute Gasteiger partial charge is 0.263 e. The van der Waals surface area contributed by atoms with Crippen LogP contribution in [0.4, 0.5) is 5.69 Å². The number of fused-ring (bicyclic) bond motifs is 1. The second kappa shape index (κ2) is 8.51. The molecule has 1 N–H and O–H groups in total. The van der Waals surface area contributed by atoms with Crippen LogP contribution in [0.15, 0.2) is 58.1 Å². The van der Waals surface area contributed by atoms with Gasteiger partial charge in [-0.1, -0.05) is 51.3 Å². The van der Waals surface area contributed by atoms with Gasteiger partial charge in [0.05, 0.1) is 22.4 Å². The molecule has 0 saturated heterocycles. The van der Waals surface area contributed by atoms with Crippen molar-refractivity contribution in [1.82, 2.24) is 9.55 Å². The highest BCUT2D eigenvalue weighted by Crippen LogP contribution is 2.35. The summed E-state index contributed by atoms with van der Waals surface area (Å²) in [5.74, 6) is -0.389. The molecule has 0 unspecified atom stereocenters. The van der Waals surface area contributed by atoms with Gasteiger partial charge in [-0.05, 0) is 42.8 Å². The van der Waals surface area contributed by atoms with E-state index in [1.807, 2.05) is 31.2 Å². The third kappa shape index (κ3) is 4.16. The summed E-state index contributed by atoms with van der Waals surface area (Å²) in [5.41, 5.74) is 1.93. The molecule has 1 amide bonds. The Balaban J connectivity index is 1.69. The standard InChI is InChI=1S/C21H14BrCl2N3O2S/c1-11-18(12-2-4-13(22)5-3-12)19-20(30-11)25-10-27(21(19)29)9-17(28)26-16-7-6-14(23)8-15(16)24/h2-8,10H,9H2,1H3,(H,26,28). The van der Waals surface area contributed by atoms with Crippen molar-refractivity contribution in [3.05, 3.63) is 78.5 Å². The van der Waals surface area contributed by atoms with E-state index in [1.165, 1.54) is 28.3 Å². The number of benzene rings is 2. The van der Waals surface area contributed by atoms with E-state index in [-0.39, 0.29) is 18.0 Å². The summed E-state index contributed by atoms with van der Waals surface area (Å²) in [7, 11) is 0. The Morgan fingerprint density at radius 1 is 1.20 bits per heavy atom. The molecule has 152 valence electrons. The zero-order valence-corrected chi connectivity index (χ0v) is 19.5. The maximum absolute atomic E-state index is 13.2. The van der Waals surface area contributed by atoms with Gasteiger partial charge >= 0.3 is 0 Å². The minimum atomic E-state index is -0.389. The van der Waals surface area contributed by atoms with Crippen LogP contribution in [0, 0.1) is 6.92 Å². The van der Waals surface area contributed by atoms with Crippen LogP contribution < -0.4 is 10.9 Å². The molecule has 0 aliphatic rings. The number of anilines is 1. The molecule has 0 saturated carbocycles. The molecule has 9 heteroatoms. The Kier molecular flexibility index (Phi) is 5.97. The molecule has 2 aromatic heterocycles. The van der Waals surface area contributed by atoms with E-state index < -0.39 is 0 Å². The van der Waals surface area contributed by atoms with Crippen molar-refractivity contribution in [2.75, 3.05) is 5.32 Å². The molecule has 4 rings (SSSR count). The van der Waals surface area contributed by atoms with E-state index in [1.54, 1.807) is 12.1 Å². The third-order valence-electron chi connectivity index (χ3n) is 4.51. The van der Waals surface area contributed by atoms with Gasteiger partial charge < -0.3 is 5.32 Å². The van der Waals surface area contributed by atoms with Gasteiger partial charge in [0.2, 0.25) is 5.91 Å². The van der Waals surface area contributed by atoms with Crippen LogP contribution in [0.3, 0.4) is 0 Å². The maximum Gasteiger partial charge on any atom is 0.263 e. The summed E-state index contributed by atoms with van der Waals surface area (Å²) in [5, 5.41) is 4.00. The number of hydrogen-bond donors (Lipinski definition) is 1. The van der Waals surface area contributed by atoms with Crippen molar-refractivity contribution in [2.45, 2.75) is 13.5 Å². The highest BCUT2D eigenvalue weighted by atomic mass is 79.9. The number of aryl methyl sites for hydroxylation is 1. The fourth-order valence-electron chi connectivity index (χ4n) is 3.15. The average molecular weight is 523 g/mol. The number of amides is 1. The minimum absolute atomic E-state index is 0.185. The zero-order chi connectivity index (χ0) is 21.4. The van der Waals surface area contributed by atoms with E-state index in [4.69, 9.17) is 23.2 Å². The SMILES string of the molecule is Cc1sc2ncn(CC(=O)Nc3ccc(Cl)cc3Cl)c(=O)c2c1-c1ccc(Br)cc1. The van der Waals surface area contributed by atoms with E-state index in [2.05, 4.69) is 26.2 Å². The number of halogens is 3. The highest BCUT2D eigenvalue weighted by Gasteiger charge is 2.18. The number of nitrogens with one attached hydrogen (secondary N) is 1. The number of thiophene rings is 1. The predicted octanol–water partition coefficient (Wildman–Crippen LogP) is 6.14. The van der Waals surface area contributed by atoms with Crippen LogP contribution in [-0.4, -0.2) is 15.5 Å². The van der Waals surface area contributed by atoms with Gasteiger partial charge in [0.25, 0.3) is 5.56 Å². The first kappa shape index (κ1) is 21.1.